The number of amides is 1. The predicted octanol–water partition coefficient (Wildman–Crippen LogP) is 18.8. The summed E-state index contributed by atoms with van der Waals surface area (Å²) in [7, 11) is 1.63. The molecule has 0 aromatic heterocycles. The molecule has 0 saturated heterocycles. The second-order valence-electron chi connectivity index (χ2n) is 22.4. The number of nitrogens with one attached hydrogen (secondary N) is 1. The van der Waals surface area contributed by atoms with E-state index in [0.29, 0.717) is 23.9 Å². The summed E-state index contributed by atoms with van der Waals surface area (Å²) < 4.78 is 23.8. The van der Waals surface area contributed by atoms with Crippen molar-refractivity contribution in [2.24, 2.45) is 0 Å². The van der Waals surface area contributed by atoms with E-state index >= 15 is 0 Å². The SMILES string of the molecule is CCCCCCC/C=C\C/C=C\CCCCCCCCCCCCCCCCCCCCCC(=O)NC(COP(=O)(O)OCC[N+](C)(C)C)C(O)CCCCCCCCCCCCCCCCCCC. The standard InChI is InChI=1S/C61H121N2O6P/c1-6-8-10-12-14-16-18-20-22-24-25-26-27-28-29-30-31-32-33-34-35-36-37-39-41-43-45-47-49-51-53-55-61(65)62-59(58-69-70(66,67)68-57-56-63(3,4)5)60(64)54-52-50-48-46-44-42-40-38-23-21-19-17-15-13-11-9-7-2/h18,20,24-25,59-60,64H,6-17,19,21-23,26-58H2,1-5H3,(H-,62,65,66,67)/p+1/b20-18-,25-24-. The summed E-state index contributed by atoms with van der Waals surface area (Å²) in [6.45, 7) is 4.92. The first kappa shape index (κ1) is 69.0. The molecule has 3 atom stereocenters. The maximum atomic E-state index is 13.0. The molecule has 0 radical (unpaired) electrons. The fourth-order valence-electron chi connectivity index (χ4n) is 9.37. The van der Waals surface area contributed by atoms with Gasteiger partial charge in [-0.2, -0.15) is 0 Å². The van der Waals surface area contributed by atoms with Crippen LogP contribution in [0.15, 0.2) is 24.3 Å². The average molecular weight is 1010 g/mol. The van der Waals surface area contributed by atoms with Crippen LogP contribution < -0.4 is 5.32 Å². The Morgan fingerprint density at radius 3 is 1.17 bits per heavy atom. The summed E-state index contributed by atoms with van der Waals surface area (Å²) >= 11 is 0. The van der Waals surface area contributed by atoms with E-state index in [2.05, 4.69) is 43.5 Å². The first-order valence-electron chi connectivity index (χ1n) is 30.7. The number of quaternary nitrogens is 1. The van der Waals surface area contributed by atoms with E-state index in [-0.39, 0.29) is 19.1 Å². The van der Waals surface area contributed by atoms with E-state index in [9.17, 15) is 19.4 Å². The molecule has 0 heterocycles. The van der Waals surface area contributed by atoms with Crippen LogP contribution in [0.25, 0.3) is 0 Å². The van der Waals surface area contributed by atoms with Crippen molar-refractivity contribution in [1.29, 1.82) is 0 Å². The molecule has 3 N–H and O–H groups in total. The molecule has 0 aliphatic rings. The third kappa shape index (κ3) is 54.7. The van der Waals surface area contributed by atoms with Crippen molar-refractivity contribution in [3.8, 4) is 0 Å². The van der Waals surface area contributed by atoms with Crippen molar-refractivity contribution in [1.82, 2.24) is 5.32 Å². The smallest absolute Gasteiger partial charge is 0.391 e. The van der Waals surface area contributed by atoms with E-state index in [1.165, 1.54) is 238 Å². The van der Waals surface area contributed by atoms with Crippen LogP contribution in [0.2, 0.25) is 0 Å². The lowest BCUT2D eigenvalue weighted by Gasteiger charge is -2.26. The number of hydrogen-bond donors (Lipinski definition) is 3. The van der Waals surface area contributed by atoms with E-state index in [1.807, 2.05) is 21.1 Å². The number of unbranched alkanes of at least 4 members (excludes halogenated alkanes) is 40. The molecular formula is C61H122N2O6P+. The van der Waals surface area contributed by atoms with Gasteiger partial charge >= 0.3 is 7.82 Å². The molecule has 0 aliphatic carbocycles. The Labute approximate surface area is 436 Å². The highest BCUT2D eigenvalue weighted by Crippen LogP contribution is 2.43. The zero-order valence-corrected chi connectivity index (χ0v) is 48.4. The maximum absolute atomic E-state index is 13.0. The fourth-order valence-corrected chi connectivity index (χ4v) is 10.1. The van der Waals surface area contributed by atoms with Crippen LogP contribution in [0.4, 0.5) is 0 Å². The van der Waals surface area contributed by atoms with Crippen LogP contribution in [0, 0.1) is 0 Å². The van der Waals surface area contributed by atoms with Crippen molar-refractivity contribution in [2.45, 2.75) is 321 Å². The van der Waals surface area contributed by atoms with Crippen LogP contribution in [0.1, 0.15) is 309 Å². The summed E-state index contributed by atoms with van der Waals surface area (Å²) in [5, 5.41) is 14.1. The summed E-state index contributed by atoms with van der Waals surface area (Å²) in [6, 6.07) is -0.758. The lowest BCUT2D eigenvalue weighted by atomic mass is 10.0. The zero-order valence-electron chi connectivity index (χ0n) is 47.5. The normalized spacial score (nSPS) is 14.0. The number of carbonyl (C=O) groups is 1. The average Bonchev–Trinajstić information content (AvgIpc) is 3.32. The van der Waals surface area contributed by atoms with Crippen molar-refractivity contribution in [3.05, 3.63) is 24.3 Å². The topological polar surface area (TPSA) is 105 Å². The minimum atomic E-state index is -4.32. The molecule has 0 saturated carbocycles. The van der Waals surface area contributed by atoms with Gasteiger partial charge in [-0.1, -0.05) is 282 Å². The molecule has 9 heteroatoms. The van der Waals surface area contributed by atoms with Gasteiger partial charge in [0.15, 0.2) is 0 Å². The second-order valence-corrected chi connectivity index (χ2v) is 23.9. The quantitative estimate of drug-likeness (QED) is 0.0243. The van der Waals surface area contributed by atoms with Gasteiger partial charge in [-0.05, 0) is 44.9 Å². The highest BCUT2D eigenvalue weighted by atomic mass is 31.2. The number of nitrogens with zero attached hydrogens (tertiary/aromatic N) is 1. The second kappa shape index (κ2) is 52.8. The number of allylic oxidation sites excluding steroid dienone is 4. The zero-order chi connectivity index (χ0) is 51.3. The van der Waals surface area contributed by atoms with Crippen molar-refractivity contribution in [2.75, 3.05) is 40.9 Å². The molecule has 0 bridgehead atoms. The number of carbonyl (C=O) groups excluding carboxylic acids is 1. The largest absolute Gasteiger partial charge is 0.472 e. The van der Waals surface area contributed by atoms with Crippen molar-refractivity contribution in [3.63, 3.8) is 0 Å². The van der Waals surface area contributed by atoms with Crippen LogP contribution in [-0.2, 0) is 18.4 Å². The monoisotopic (exact) mass is 1010 g/mol. The first-order chi connectivity index (χ1) is 34.0. The van der Waals surface area contributed by atoms with Gasteiger partial charge in [0.2, 0.25) is 5.91 Å². The Hall–Kier alpha value is -1.02. The molecule has 0 spiro atoms. The maximum Gasteiger partial charge on any atom is 0.472 e. The molecule has 3 unspecified atom stereocenters. The number of likely N-dealkylation sites (N-methyl/N-ethyl adjacent to an activating group) is 1. The number of phosphoric ester groups is 1. The summed E-state index contributed by atoms with van der Waals surface area (Å²) in [5.41, 5.74) is 0. The summed E-state index contributed by atoms with van der Waals surface area (Å²) in [6.07, 6.45) is 66.7. The van der Waals surface area contributed by atoms with Crippen molar-refractivity contribution < 1.29 is 32.9 Å². The third-order valence-corrected chi connectivity index (χ3v) is 15.2. The molecule has 0 rings (SSSR count). The minimum Gasteiger partial charge on any atom is -0.391 e. The van der Waals surface area contributed by atoms with E-state index in [1.54, 1.807) is 0 Å². The molecule has 0 aromatic carbocycles. The third-order valence-electron chi connectivity index (χ3n) is 14.2. The number of hydrogen-bond acceptors (Lipinski definition) is 5. The van der Waals surface area contributed by atoms with Gasteiger partial charge < -0.3 is 19.8 Å². The Morgan fingerprint density at radius 2 is 0.814 bits per heavy atom. The Morgan fingerprint density at radius 1 is 0.486 bits per heavy atom. The highest BCUT2D eigenvalue weighted by Gasteiger charge is 2.28. The molecule has 1 amide bonds. The molecular weight excluding hydrogens is 888 g/mol. The van der Waals surface area contributed by atoms with E-state index < -0.39 is 20.0 Å². The number of rotatable bonds is 57. The van der Waals surface area contributed by atoms with E-state index in [4.69, 9.17) is 9.05 Å². The molecule has 416 valence electrons. The Balaban J connectivity index is 4.02. The summed E-state index contributed by atoms with van der Waals surface area (Å²) in [5.74, 6) is -0.138. The number of aliphatic hydroxyl groups excluding tert-OH is 1. The van der Waals surface area contributed by atoms with Crippen molar-refractivity contribution >= 4 is 13.7 Å². The molecule has 0 fully saturated rings. The van der Waals surface area contributed by atoms with Crippen LogP contribution in [0.3, 0.4) is 0 Å². The van der Waals surface area contributed by atoms with Gasteiger partial charge in [0.05, 0.1) is 39.9 Å². The van der Waals surface area contributed by atoms with Crippen LogP contribution in [0.5, 0.6) is 0 Å². The first-order valence-corrected chi connectivity index (χ1v) is 32.2. The van der Waals surface area contributed by atoms with Gasteiger partial charge in [0.25, 0.3) is 0 Å². The van der Waals surface area contributed by atoms with Gasteiger partial charge in [0, 0.05) is 6.42 Å². The lowest BCUT2D eigenvalue weighted by Crippen LogP contribution is -2.46. The van der Waals surface area contributed by atoms with Crippen LogP contribution in [-0.4, -0.2) is 73.4 Å². The van der Waals surface area contributed by atoms with Gasteiger partial charge in [0.1, 0.15) is 13.2 Å². The summed E-state index contributed by atoms with van der Waals surface area (Å²) in [4.78, 5) is 23.4. The predicted molar refractivity (Wildman–Crippen MR) is 305 cm³/mol. The minimum absolute atomic E-state index is 0.0772. The van der Waals surface area contributed by atoms with Gasteiger partial charge in [-0.15, -0.1) is 0 Å². The highest BCUT2D eigenvalue weighted by molar-refractivity contribution is 7.47. The number of phosphoric acid groups is 1. The fraction of sp³-hybridized carbons (Fsp3) is 0.918. The number of aliphatic hydroxyl groups is 1. The van der Waals surface area contributed by atoms with Gasteiger partial charge in [-0.25, -0.2) is 4.57 Å². The van der Waals surface area contributed by atoms with E-state index in [0.717, 1.165) is 44.9 Å². The molecule has 70 heavy (non-hydrogen) atoms. The lowest BCUT2D eigenvalue weighted by molar-refractivity contribution is -0.870. The van der Waals surface area contributed by atoms with Crippen LogP contribution >= 0.6 is 7.82 Å². The Bertz CT molecular complexity index is 1190. The molecule has 0 aromatic rings. The van der Waals surface area contributed by atoms with Gasteiger partial charge in [-0.3, -0.25) is 13.8 Å². The molecule has 8 nitrogen and oxygen atoms in total. The Kier molecular flexibility index (Phi) is 52.1. The molecule has 0 aliphatic heterocycles.